The van der Waals surface area contributed by atoms with E-state index < -0.39 is 5.60 Å². The molecule has 0 radical (unpaired) electrons. The number of amides is 1. The van der Waals surface area contributed by atoms with E-state index in [0.717, 1.165) is 57.8 Å². The average molecular weight is 508 g/mol. The van der Waals surface area contributed by atoms with Crippen LogP contribution in [0.15, 0.2) is 30.3 Å². The molecule has 204 valence electrons. The number of fused-ring (bicyclic) bond motifs is 5. The third-order valence-electron chi connectivity index (χ3n) is 11.6. The first kappa shape index (κ1) is 26.9. The Kier molecular flexibility index (Phi) is 7.37. The third kappa shape index (κ3) is 4.92. The van der Waals surface area contributed by atoms with Gasteiger partial charge >= 0.3 is 0 Å². The van der Waals surface area contributed by atoms with Crippen molar-refractivity contribution >= 4 is 11.7 Å². The summed E-state index contributed by atoms with van der Waals surface area (Å²) in [5.41, 5.74) is 0.691. The summed E-state index contributed by atoms with van der Waals surface area (Å²) in [4.78, 5) is 27.9. The Labute approximate surface area is 224 Å². The van der Waals surface area contributed by atoms with E-state index in [1.54, 1.807) is 0 Å². The summed E-state index contributed by atoms with van der Waals surface area (Å²) >= 11 is 0. The summed E-state index contributed by atoms with van der Waals surface area (Å²) < 4.78 is 0. The normalized spacial score (nSPS) is 39.1. The summed E-state index contributed by atoms with van der Waals surface area (Å²) in [7, 11) is 0. The summed E-state index contributed by atoms with van der Waals surface area (Å²) in [6, 6.07) is 10.5. The minimum atomic E-state index is -0.791. The van der Waals surface area contributed by atoms with Crippen molar-refractivity contribution in [1.82, 2.24) is 4.90 Å². The average Bonchev–Trinajstić information content (AvgIpc) is 3.18. The first-order chi connectivity index (χ1) is 17.6. The molecule has 0 heterocycles. The van der Waals surface area contributed by atoms with Crippen LogP contribution in [0.4, 0.5) is 0 Å². The number of hydrogen-bond donors (Lipinski definition) is 1. The zero-order chi connectivity index (χ0) is 26.4. The second-order valence-electron chi connectivity index (χ2n) is 14.0. The van der Waals surface area contributed by atoms with Gasteiger partial charge in [0.25, 0.3) is 0 Å². The number of nitrogens with zero attached hydrogens (tertiary/aromatic N) is 1. The van der Waals surface area contributed by atoms with Gasteiger partial charge in [-0.05, 0) is 98.9 Å². The SMILES string of the molecule is CC(C)C(=O)N(CCCc1ccccc1)C[C@@]1(O)CC[C@@]2(C)[C@@H](CC[C@@H]3[C@@H]2CC[C@]2(C)C(=O)CC[C@@H]32)C1. The zero-order valence-electron chi connectivity index (χ0n) is 23.7. The largest absolute Gasteiger partial charge is 0.388 e. The number of carbonyl (C=O) groups is 2. The van der Waals surface area contributed by atoms with Crippen molar-refractivity contribution in [2.45, 2.75) is 104 Å². The Balaban J connectivity index is 1.26. The summed E-state index contributed by atoms with van der Waals surface area (Å²) in [6.07, 6.45) is 11.0. The van der Waals surface area contributed by atoms with E-state index in [1.165, 1.54) is 18.4 Å². The maximum atomic E-state index is 13.2. The highest BCUT2D eigenvalue weighted by Crippen LogP contribution is 2.66. The lowest BCUT2D eigenvalue weighted by atomic mass is 9.44. The van der Waals surface area contributed by atoms with Crippen LogP contribution in [0.2, 0.25) is 0 Å². The van der Waals surface area contributed by atoms with E-state index in [-0.39, 0.29) is 22.7 Å². The molecule has 4 aliphatic rings. The molecule has 37 heavy (non-hydrogen) atoms. The third-order valence-corrected chi connectivity index (χ3v) is 11.6. The number of rotatable bonds is 7. The smallest absolute Gasteiger partial charge is 0.225 e. The first-order valence-electron chi connectivity index (χ1n) is 15.1. The van der Waals surface area contributed by atoms with Crippen molar-refractivity contribution in [3.05, 3.63) is 35.9 Å². The fourth-order valence-electron chi connectivity index (χ4n) is 9.34. The molecule has 4 heteroatoms. The van der Waals surface area contributed by atoms with E-state index in [0.29, 0.717) is 42.5 Å². The monoisotopic (exact) mass is 507 g/mol. The van der Waals surface area contributed by atoms with Crippen LogP contribution in [0.3, 0.4) is 0 Å². The fraction of sp³-hybridized carbons (Fsp3) is 0.758. The topological polar surface area (TPSA) is 57.6 Å². The van der Waals surface area contributed by atoms with Crippen molar-refractivity contribution in [3.63, 3.8) is 0 Å². The van der Waals surface area contributed by atoms with Crippen molar-refractivity contribution < 1.29 is 14.7 Å². The highest BCUT2D eigenvalue weighted by Gasteiger charge is 2.61. The molecule has 0 aromatic heterocycles. The van der Waals surface area contributed by atoms with Gasteiger partial charge in [0.1, 0.15) is 5.78 Å². The van der Waals surface area contributed by atoms with Crippen LogP contribution in [-0.4, -0.2) is 40.4 Å². The molecule has 0 spiro atoms. The fourth-order valence-corrected chi connectivity index (χ4v) is 9.34. The van der Waals surface area contributed by atoms with Crippen molar-refractivity contribution in [2.75, 3.05) is 13.1 Å². The Morgan fingerprint density at radius 2 is 1.78 bits per heavy atom. The Hall–Kier alpha value is -1.68. The predicted molar refractivity (Wildman–Crippen MR) is 148 cm³/mol. The minimum Gasteiger partial charge on any atom is -0.388 e. The highest BCUT2D eigenvalue weighted by molar-refractivity contribution is 5.87. The molecule has 4 saturated carbocycles. The molecule has 0 aliphatic heterocycles. The molecule has 7 atom stereocenters. The number of carbonyl (C=O) groups excluding carboxylic acids is 2. The summed E-state index contributed by atoms with van der Waals surface area (Å²) in [6.45, 7) is 9.88. The minimum absolute atomic E-state index is 0.0599. The van der Waals surface area contributed by atoms with Crippen LogP contribution in [-0.2, 0) is 16.0 Å². The molecule has 5 rings (SSSR count). The number of Topliss-reactive ketones (excluding diaryl/α,β-unsaturated/α-hetero) is 1. The molecule has 0 unspecified atom stereocenters. The molecular formula is C33H49NO3. The Morgan fingerprint density at radius 1 is 1.03 bits per heavy atom. The number of aryl methyl sites for hydroxylation is 1. The summed E-state index contributed by atoms with van der Waals surface area (Å²) in [5, 5.41) is 11.9. The summed E-state index contributed by atoms with van der Waals surface area (Å²) in [5.74, 6) is 3.05. The van der Waals surface area contributed by atoms with Gasteiger partial charge in [0.15, 0.2) is 0 Å². The highest BCUT2D eigenvalue weighted by atomic mass is 16.3. The maximum absolute atomic E-state index is 13.2. The van der Waals surface area contributed by atoms with Gasteiger partial charge in [-0.15, -0.1) is 0 Å². The van der Waals surface area contributed by atoms with Crippen molar-refractivity contribution in [2.24, 2.45) is 40.4 Å². The predicted octanol–water partition coefficient (Wildman–Crippen LogP) is 6.45. The van der Waals surface area contributed by atoms with Crippen molar-refractivity contribution in [3.8, 4) is 0 Å². The molecule has 1 aromatic carbocycles. The van der Waals surface area contributed by atoms with E-state index in [4.69, 9.17) is 0 Å². The number of aliphatic hydroxyl groups is 1. The molecule has 1 N–H and O–H groups in total. The van der Waals surface area contributed by atoms with Gasteiger partial charge < -0.3 is 10.0 Å². The number of ketones is 1. The van der Waals surface area contributed by atoms with Crippen molar-refractivity contribution in [1.29, 1.82) is 0 Å². The molecule has 0 saturated heterocycles. The second kappa shape index (κ2) is 10.1. The zero-order valence-corrected chi connectivity index (χ0v) is 23.7. The van der Waals surface area contributed by atoms with Gasteiger partial charge in [-0.3, -0.25) is 9.59 Å². The van der Waals surface area contributed by atoms with Crippen LogP contribution in [0, 0.1) is 40.4 Å². The molecule has 0 bridgehead atoms. The lowest BCUT2D eigenvalue weighted by Crippen LogP contribution is -2.58. The molecule has 1 amide bonds. The van der Waals surface area contributed by atoms with E-state index >= 15 is 0 Å². The molecule has 4 nitrogen and oxygen atoms in total. The van der Waals surface area contributed by atoms with Crippen LogP contribution >= 0.6 is 0 Å². The van der Waals surface area contributed by atoms with Crippen LogP contribution in [0.25, 0.3) is 0 Å². The van der Waals surface area contributed by atoms with Gasteiger partial charge in [-0.25, -0.2) is 0 Å². The first-order valence-corrected chi connectivity index (χ1v) is 15.1. The Bertz CT molecular complexity index is 991. The number of benzene rings is 1. The lowest BCUT2D eigenvalue weighted by Gasteiger charge is -2.61. The van der Waals surface area contributed by atoms with Gasteiger partial charge in [0.2, 0.25) is 5.91 Å². The van der Waals surface area contributed by atoms with E-state index in [1.807, 2.05) is 24.8 Å². The van der Waals surface area contributed by atoms with Gasteiger partial charge in [0, 0.05) is 30.8 Å². The van der Waals surface area contributed by atoms with Crippen LogP contribution < -0.4 is 0 Å². The quantitative estimate of drug-likeness (QED) is 0.462. The van der Waals surface area contributed by atoms with Gasteiger partial charge in [0.05, 0.1) is 5.60 Å². The molecule has 1 aromatic rings. The number of hydrogen-bond acceptors (Lipinski definition) is 3. The van der Waals surface area contributed by atoms with Crippen LogP contribution in [0.5, 0.6) is 0 Å². The Morgan fingerprint density at radius 3 is 2.51 bits per heavy atom. The van der Waals surface area contributed by atoms with E-state index in [2.05, 4.69) is 38.1 Å². The second-order valence-corrected chi connectivity index (χ2v) is 14.0. The molecular weight excluding hydrogens is 458 g/mol. The van der Waals surface area contributed by atoms with E-state index in [9.17, 15) is 14.7 Å². The standard InChI is InChI=1S/C33H49NO3/c1-23(2)30(36)34(20-8-11-24-9-6-5-7-10-24)22-33(37)19-18-31(3)25(21-33)12-13-26-27-14-15-29(35)32(27,4)17-16-28(26)31/h5-7,9-10,23,25-28,37H,8,11-22H2,1-4H3/t25-,26-,27-,28-,31-,32-,33+/m0/s1. The molecule has 4 aliphatic carbocycles. The lowest BCUT2D eigenvalue weighted by molar-refractivity contribution is -0.162. The van der Waals surface area contributed by atoms with Crippen LogP contribution in [0.1, 0.15) is 97.5 Å². The van der Waals surface area contributed by atoms with Gasteiger partial charge in [-0.1, -0.05) is 58.0 Å². The maximum Gasteiger partial charge on any atom is 0.225 e. The molecule has 4 fully saturated rings. The van der Waals surface area contributed by atoms with Gasteiger partial charge in [-0.2, -0.15) is 0 Å².